The van der Waals surface area contributed by atoms with Gasteiger partial charge in [0, 0.05) is 11.8 Å². The van der Waals surface area contributed by atoms with E-state index in [0.29, 0.717) is 0 Å². The maximum absolute atomic E-state index is 4.67. The van der Waals surface area contributed by atoms with Crippen molar-refractivity contribution in [2.24, 2.45) is 0 Å². The van der Waals surface area contributed by atoms with Crippen LogP contribution in [-0.4, -0.2) is 17.0 Å². The Labute approximate surface area is 115 Å². The third-order valence-corrected chi connectivity index (χ3v) is 3.50. The zero-order valence-corrected chi connectivity index (χ0v) is 12.1. The lowest BCUT2D eigenvalue weighted by molar-refractivity contribution is 0.417. The minimum atomic E-state index is -0.223. The molecule has 0 aliphatic heterocycles. The van der Waals surface area contributed by atoms with Gasteiger partial charge in [0.05, 0.1) is 11.2 Å². The molecule has 2 rings (SSSR count). The molecule has 1 aromatic heterocycles. The third kappa shape index (κ3) is 2.99. The summed E-state index contributed by atoms with van der Waals surface area (Å²) in [5.41, 5.74) is 3.22. The van der Waals surface area contributed by atoms with Crippen molar-refractivity contribution in [3.8, 4) is 11.3 Å². The molecule has 1 aromatic carbocycles. The molecule has 2 aromatic rings. The summed E-state index contributed by atoms with van der Waals surface area (Å²) < 4.78 is 0. The van der Waals surface area contributed by atoms with E-state index in [2.05, 4.69) is 60.3 Å². The highest BCUT2D eigenvalue weighted by molar-refractivity contribution is 5.59. The van der Waals surface area contributed by atoms with Crippen LogP contribution in [0.3, 0.4) is 0 Å². The molecule has 0 aliphatic carbocycles. The van der Waals surface area contributed by atoms with Gasteiger partial charge in [-0.1, -0.05) is 31.2 Å². The number of nitrogens with zero attached hydrogens (tertiary/aromatic N) is 2. The Morgan fingerprint density at radius 1 is 1.11 bits per heavy atom. The first-order chi connectivity index (χ1) is 9.06. The fraction of sp³-hybridized carbons (Fsp3) is 0.375. The molecule has 19 heavy (non-hydrogen) atoms. The van der Waals surface area contributed by atoms with Gasteiger partial charge in [-0.05, 0) is 38.9 Å². The molecule has 3 heteroatoms. The van der Waals surface area contributed by atoms with Crippen molar-refractivity contribution in [3.05, 3.63) is 47.9 Å². The molecular weight excluding hydrogens is 234 g/mol. The van der Waals surface area contributed by atoms with Gasteiger partial charge in [0.1, 0.15) is 5.82 Å². The van der Waals surface area contributed by atoms with Crippen molar-refractivity contribution in [1.82, 2.24) is 15.3 Å². The van der Waals surface area contributed by atoms with Crippen LogP contribution in [0, 0.1) is 0 Å². The number of nitrogens with one attached hydrogen (secondary N) is 1. The number of benzene rings is 1. The monoisotopic (exact) mass is 255 g/mol. The molecule has 100 valence electrons. The van der Waals surface area contributed by atoms with E-state index in [0.717, 1.165) is 23.5 Å². The van der Waals surface area contributed by atoms with Gasteiger partial charge in [-0.3, -0.25) is 0 Å². The molecule has 0 fully saturated rings. The zero-order valence-electron chi connectivity index (χ0n) is 12.1. The predicted octanol–water partition coefficient (Wildman–Crippen LogP) is 3.16. The average Bonchev–Trinajstić information content (AvgIpc) is 2.47. The molecule has 0 saturated carbocycles. The van der Waals surface area contributed by atoms with Gasteiger partial charge in [0.25, 0.3) is 0 Å². The molecule has 0 spiro atoms. The summed E-state index contributed by atoms with van der Waals surface area (Å²) in [6.45, 7) is 6.31. The van der Waals surface area contributed by atoms with Crippen molar-refractivity contribution in [2.75, 3.05) is 7.05 Å². The standard InChI is InChI=1S/C16H21N3/c1-5-12-6-8-13(9-7-12)14-10-11-18-15(19-14)16(2,3)17-4/h6-11,17H,5H2,1-4H3. The summed E-state index contributed by atoms with van der Waals surface area (Å²) in [6, 6.07) is 10.5. The summed E-state index contributed by atoms with van der Waals surface area (Å²) in [6.07, 6.45) is 2.88. The van der Waals surface area contributed by atoms with Crippen molar-refractivity contribution >= 4 is 0 Å². The largest absolute Gasteiger partial charge is 0.308 e. The van der Waals surface area contributed by atoms with Gasteiger partial charge < -0.3 is 5.32 Å². The predicted molar refractivity (Wildman–Crippen MR) is 78.9 cm³/mol. The minimum Gasteiger partial charge on any atom is -0.308 e. The molecule has 1 heterocycles. The van der Waals surface area contributed by atoms with Gasteiger partial charge in [-0.25, -0.2) is 9.97 Å². The van der Waals surface area contributed by atoms with E-state index < -0.39 is 0 Å². The first-order valence-electron chi connectivity index (χ1n) is 6.68. The topological polar surface area (TPSA) is 37.8 Å². The molecule has 0 radical (unpaired) electrons. The summed E-state index contributed by atoms with van der Waals surface area (Å²) >= 11 is 0. The van der Waals surface area contributed by atoms with Crippen molar-refractivity contribution in [1.29, 1.82) is 0 Å². The molecule has 0 saturated heterocycles. The number of rotatable bonds is 4. The fourth-order valence-corrected chi connectivity index (χ4v) is 1.84. The van der Waals surface area contributed by atoms with E-state index >= 15 is 0 Å². The fourth-order valence-electron chi connectivity index (χ4n) is 1.84. The Bertz CT molecular complexity index is 544. The molecule has 0 aliphatic rings. The smallest absolute Gasteiger partial charge is 0.148 e. The molecule has 1 N–H and O–H groups in total. The van der Waals surface area contributed by atoms with Crippen LogP contribution < -0.4 is 5.32 Å². The van der Waals surface area contributed by atoms with E-state index in [1.165, 1.54) is 5.56 Å². The van der Waals surface area contributed by atoms with Gasteiger partial charge >= 0.3 is 0 Å². The quantitative estimate of drug-likeness (QED) is 0.912. The summed E-state index contributed by atoms with van der Waals surface area (Å²) in [5, 5.41) is 3.23. The molecule has 0 amide bonds. The highest BCUT2D eigenvalue weighted by Gasteiger charge is 2.21. The van der Waals surface area contributed by atoms with E-state index in [4.69, 9.17) is 0 Å². The van der Waals surface area contributed by atoms with Crippen LogP contribution in [-0.2, 0) is 12.0 Å². The number of aromatic nitrogens is 2. The van der Waals surface area contributed by atoms with E-state index in [9.17, 15) is 0 Å². The van der Waals surface area contributed by atoms with Crippen LogP contribution in [0.15, 0.2) is 36.5 Å². The van der Waals surface area contributed by atoms with E-state index in [1.807, 2.05) is 19.3 Å². The molecule has 0 unspecified atom stereocenters. The molecule has 3 nitrogen and oxygen atoms in total. The second-order valence-electron chi connectivity index (χ2n) is 5.19. The Morgan fingerprint density at radius 2 is 1.79 bits per heavy atom. The summed E-state index contributed by atoms with van der Waals surface area (Å²) in [4.78, 5) is 9.03. The van der Waals surface area contributed by atoms with Crippen LogP contribution in [0.5, 0.6) is 0 Å². The van der Waals surface area contributed by atoms with Crippen LogP contribution in [0.4, 0.5) is 0 Å². The van der Waals surface area contributed by atoms with Crippen molar-refractivity contribution < 1.29 is 0 Å². The van der Waals surface area contributed by atoms with Gasteiger partial charge in [0.15, 0.2) is 0 Å². The highest BCUT2D eigenvalue weighted by atomic mass is 15.0. The number of aryl methyl sites for hydroxylation is 1. The minimum absolute atomic E-state index is 0.223. The maximum Gasteiger partial charge on any atom is 0.148 e. The lowest BCUT2D eigenvalue weighted by Crippen LogP contribution is -2.35. The average molecular weight is 255 g/mol. The van der Waals surface area contributed by atoms with Crippen molar-refractivity contribution in [2.45, 2.75) is 32.7 Å². The van der Waals surface area contributed by atoms with Crippen LogP contribution >= 0.6 is 0 Å². The Morgan fingerprint density at radius 3 is 2.37 bits per heavy atom. The van der Waals surface area contributed by atoms with E-state index in [-0.39, 0.29) is 5.54 Å². The first-order valence-corrected chi connectivity index (χ1v) is 6.68. The van der Waals surface area contributed by atoms with Crippen molar-refractivity contribution in [3.63, 3.8) is 0 Å². The lowest BCUT2D eigenvalue weighted by Gasteiger charge is -2.22. The Balaban J connectivity index is 2.37. The summed E-state index contributed by atoms with van der Waals surface area (Å²) in [5.74, 6) is 0.812. The van der Waals surface area contributed by atoms with Crippen LogP contribution in [0.1, 0.15) is 32.2 Å². The maximum atomic E-state index is 4.67. The second-order valence-corrected chi connectivity index (χ2v) is 5.19. The Kier molecular flexibility index (Phi) is 3.96. The number of hydrogen-bond donors (Lipinski definition) is 1. The van der Waals surface area contributed by atoms with Crippen LogP contribution in [0.25, 0.3) is 11.3 Å². The third-order valence-electron chi connectivity index (χ3n) is 3.50. The lowest BCUT2D eigenvalue weighted by atomic mass is 10.0. The zero-order chi connectivity index (χ0) is 13.9. The van der Waals surface area contributed by atoms with E-state index in [1.54, 1.807) is 0 Å². The van der Waals surface area contributed by atoms with Gasteiger partial charge in [0.2, 0.25) is 0 Å². The SMILES string of the molecule is CCc1ccc(-c2ccnc(C(C)(C)NC)n2)cc1. The first kappa shape index (κ1) is 13.7. The molecule has 0 atom stereocenters. The highest BCUT2D eigenvalue weighted by Crippen LogP contribution is 2.21. The molecule has 0 bridgehead atoms. The van der Waals surface area contributed by atoms with Gasteiger partial charge in [-0.15, -0.1) is 0 Å². The second kappa shape index (κ2) is 5.49. The van der Waals surface area contributed by atoms with Crippen LogP contribution in [0.2, 0.25) is 0 Å². The number of hydrogen-bond acceptors (Lipinski definition) is 3. The normalized spacial score (nSPS) is 11.6. The summed E-state index contributed by atoms with van der Waals surface area (Å²) in [7, 11) is 1.92. The van der Waals surface area contributed by atoms with Gasteiger partial charge in [-0.2, -0.15) is 0 Å². The molecular formula is C16H21N3. The Hall–Kier alpha value is -1.74.